The molecule has 2 saturated carbocycles. The van der Waals surface area contributed by atoms with Crippen molar-refractivity contribution in [2.75, 3.05) is 6.67 Å². The zero-order valence-electron chi connectivity index (χ0n) is 23.2. The summed E-state index contributed by atoms with van der Waals surface area (Å²) in [6, 6.07) is 0.374. The molecular weight excluding hydrogens is 582 g/mol. The van der Waals surface area contributed by atoms with E-state index in [0.717, 1.165) is 12.8 Å². The third kappa shape index (κ3) is 7.82. The number of hydrogen-bond donors (Lipinski definition) is 2. The Labute approximate surface area is 242 Å². The van der Waals surface area contributed by atoms with Crippen molar-refractivity contribution < 1.29 is 35.9 Å². The number of nitrogens with one attached hydrogen (secondary N) is 2. The van der Waals surface area contributed by atoms with Gasteiger partial charge in [-0.3, -0.25) is 14.0 Å². The number of rotatable bonds is 12. The number of aryl methyl sites for hydroxylation is 1. The van der Waals surface area contributed by atoms with E-state index in [4.69, 9.17) is 0 Å². The normalized spacial score (nSPS) is 18.8. The highest BCUT2D eigenvalue weighted by Gasteiger charge is 2.40. The summed E-state index contributed by atoms with van der Waals surface area (Å²) < 4.78 is 81.3. The van der Waals surface area contributed by atoms with E-state index in [2.05, 4.69) is 31.0 Å². The van der Waals surface area contributed by atoms with Crippen LogP contribution in [0.2, 0.25) is 0 Å². The van der Waals surface area contributed by atoms with Crippen LogP contribution in [-0.4, -0.2) is 60.2 Å². The van der Waals surface area contributed by atoms with E-state index < -0.39 is 55.5 Å². The topological polar surface area (TPSA) is 119 Å². The highest BCUT2D eigenvalue weighted by atomic mass is 19.4. The lowest BCUT2D eigenvalue weighted by Crippen LogP contribution is -2.38. The number of carbonyl (C=O) groups is 2. The van der Waals surface area contributed by atoms with Crippen LogP contribution in [0.1, 0.15) is 91.6 Å². The zero-order valence-corrected chi connectivity index (χ0v) is 23.2. The largest absolute Gasteiger partial charge is 0.389 e. The van der Waals surface area contributed by atoms with Crippen molar-refractivity contribution in [3.05, 3.63) is 41.6 Å². The molecule has 3 aromatic rings. The second-order valence-electron chi connectivity index (χ2n) is 11.3. The summed E-state index contributed by atoms with van der Waals surface area (Å²) in [5, 5.41) is 17.6. The molecule has 16 heteroatoms. The van der Waals surface area contributed by atoms with Crippen molar-refractivity contribution in [2.45, 2.75) is 88.5 Å². The van der Waals surface area contributed by atoms with Gasteiger partial charge in [-0.25, -0.2) is 23.0 Å². The van der Waals surface area contributed by atoms with E-state index in [1.807, 2.05) is 0 Å². The van der Waals surface area contributed by atoms with Gasteiger partial charge in [0.15, 0.2) is 5.65 Å². The molecule has 5 rings (SSSR count). The molecule has 43 heavy (non-hydrogen) atoms. The van der Waals surface area contributed by atoms with Crippen molar-refractivity contribution in [1.82, 2.24) is 40.2 Å². The molecular formula is C27H32F6N8O2. The highest BCUT2D eigenvalue weighted by molar-refractivity contribution is 5.92. The number of hydrogen-bond acceptors (Lipinski definition) is 6. The summed E-state index contributed by atoms with van der Waals surface area (Å²) in [6.07, 6.45) is -0.672. The molecule has 2 amide bonds. The Bertz CT molecular complexity index is 1430. The van der Waals surface area contributed by atoms with Crippen LogP contribution in [0.25, 0.3) is 5.65 Å². The monoisotopic (exact) mass is 614 g/mol. The van der Waals surface area contributed by atoms with Crippen molar-refractivity contribution in [2.24, 2.45) is 11.8 Å². The van der Waals surface area contributed by atoms with Gasteiger partial charge in [0, 0.05) is 25.8 Å². The van der Waals surface area contributed by atoms with Crippen molar-refractivity contribution in [3.8, 4) is 0 Å². The summed E-state index contributed by atoms with van der Waals surface area (Å²) in [7, 11) is 0. The molecule has 0 aromatic carbocycles. The molecule has 2 aliphatic carbocycles. The summed E-state index contributed by atoms with van der Waals surface area (Å²) in [5.41, 5.74) is 1.41. The van der Waals surface area contributed by atoms with Gasteiger partial charge in [-0.2, -0.15) is 18.3 Å². The van der Waals surface area contributed by atoms with Gasteiger partial charge in [-0.15, -0.1) is 5.10 Å². The maximum Gasteiger partial charge on any atom is 0.389 e. The number of nitrogens with zero attached hydrogens (tertiary/aromatic N) is 6. The first-order valence-corrected chi connectivity index (χ1v) is 14.3. The summed E-state index contributed by atoms with van der Waals surface area (Å²) in [6.45, 7) is -0.468. The van der Waals surface area contributed by atoms with Crippen LogP contribution in [0, 0.1) is 11.8 Å². The minimum atomic E-state index is -4.44. The molecule has 2 aliphatic rings. The maximum atomic E-state index is 14.0. The Kier molecular flexibility index (Phi) is 8.92. The van der Waals surface area contributed by atoms with Crippen LogP contribution in [0.4, 0.5) is 26.3 Å². The van der Waals surface area contributed by atoms with E-state index in [1.165, 1.54) is 21.6 Å². The second kappa shape index (κ2) is 12.5. The first-order chi connectivity index (χ1) is 20.4. The Hall–Kier alpha value is -3.72. The Morgan fingerprint density at radius 3 is 2.44 bits per heavy atom. The molecule has 0 radical (unpaired) electrons. The van der Waals surface area contributed by atoms with Gasteiger partial charge in [-0.05, 0) is 55.6 Å². The molecule has 2 N–H and O–H groups in total. The molecule has 234 valence electrons. The molecule has 3 heterocycles. The van der Waals surface area contributed by atoms with Crippen LogP contribution in [0.3, 0.4) is 0 Å². The number of fused-ring (bicyclic) bond motifs is 1. The number of aromatic nitrogens is 6. The number of carbonyl (C=O) groups excluding carboxylic acids is 2. The van der Waals surface area contributed by atoms with E-state index in [1.54, 1.807) is 12.3 Å². The fourth-order valence-electron chi connectivity index (χ4n) is 5.49. The molecule has 1 unspecified atom stereocenters. The second-order valence-corrected chi connectivity index (χ2v) is 11.3. The van der Waals surface area contributed by atoms with Gasteiger partial charge in [0.2, 0.25) is 11.8 Å². The van der Waals surface area contributed by atoms with E-state index in [9.17, 15) is 35.9 Å². The molecule has 10 nitrogen and oxygen atoms in total. The quantitative estimate of drug-likeness (QED) is 0.281. The van der Waals surface area contributed by atoms with Crippen molar-refractivity contribution in [3.63, 3.8) is 0 Å². The highest BCUT2D eigenvalue weighted by Crippen LogP contribution is 2.43. The lowest BCUT2D eigenvalue weighted by atomic mass is 9.81. The van der Waals surface area contributed by atoms with Crippen LogP contribution < -0.4 is 10.6 Å². The molecule has 0 spiro atoms. The van der Waals surface area contributed by atoms with E-state index >= 15 is 0 Å². The number of halogens is 6. The summed E-state index contributed by atoms with van der Waals surface area (Å²) in [4.78, 5) is 30.2. The minimum Gasteiger partial charge on any atom is -0.349 e. The third-order valence-corrected chi connectivity index (χ3v) is 7.96. The lowest BCUT2D eigenvalue weighted by Gasteiger charge is -2.33. The molecule has 0 saturated heterocycles. The van der Waals surface area contributed by atoms with Crippen LogP contribution in [0.5, 0.6) is 0 Å². The lowest BCUT2D eigenvalue weighted by molar-refractivity contribution is -0.144. The molecule has 0 bridgehead atoms. The fourth-order valence-corrected chi connectivity index (χ4v) is 5.49. The standard InChI is InChI=1S/C27H32F6N8O2/c28-10-1-11-40-20(14-34-39-40)25(43)38-24(17-4-7-26(29,30)8-5-17)19-15-41-21(36-19)12-18(13-35-41)23(16-2-3-16)37-22(42)6-9-27(31,32)33/h12-17,23-24H,1-11H2,(H,37,42)(H,38,43)/t23?,24-/m0/s1. The van der Waals surface area contributed by atoms with Crippen LogP contribution in [-0.2, 0) is 11.3 Å². The Morgan fingerprint density at radius 2 is 1.77 bits per heavy atom. The smallest absolute Gasteiger partial charge is 0.349 e. The van der Waals surface area contributed by atoms with Gasteiger partial charge in [0.05, 0.1) is 49.5 Å². The van der Waals surface area contributed by atoms with Gasteiger partial charge < -0.3 is 10.6 Å². The fraction of sp³-hybridized carbons (Fsp3) is 0.630. The van der Waals surface area contributed by atoms with Gasteiger partial charge in [0.25, 0.3) is 5.91 Å². The molecule has 0 aliphatic heterocycles. The van der Waals surface area contributed by atoms with Crippen LogP contribution >= 0.6 is 0 Å². The van der Waals surface area contributed by atoms with E-state index in [-0.39, 0.29) is 56.2 Å². The SMILES string of the molecule is O=C(CCC(F)(F)F)NC(c1cnn2cc([C@@H](NC(=O)c3cnnn3CCCF)C3CCC(F)(F)CC3)nc2c1)C1CC1. The predicted molar refractivity (Wildman–Crippen MR) is 140 cm³/mol. The molecule has 2 atom stereocenters. The first kappa shape index (κ1) is 30.7. The average Bonchev–Trinajstić information content (AvgIpc) is 3.53. The minimum absolute atomic E-state index is 0.0559. The zero-order chi connectivity index (χ0) is 30.8. The van der Waals surface area contributed by atoms with Gasteiger partial charge in [0.1, 0.15) is 5.69 Å². The van der Waals surface area contributed by atoms with Gasteiger partial charge >= 0.3 is 6.18 Å². The molecule has 3 aromatic heterocycles. The predicted octanol–water partition coefficient (Wildman–Crippen LogP) is 4.89. The van der Waals surface area contributed by atoms with Crippen molar-refractivity contribution >= 4 is 17.5 Å². The number of imidazole rings is 1. The Morgan fingerprint density at radius 1 is 1.05 bits per heavy atom. The number of amides is 2. The first-order valence-electron chi connectivity index (χ1n) is 14.3. The number of alkyl halides is 6. The van der Waals surface area contributed by atoms with Gasteiger partial charge in [-0.1, -0.05) is 5.21 Å². The summed E-state index contributed by atoms with van der Waals surface area (Å²) >= 11 is 0. The average molecular weight is 615 g/mol. The van der Waals surface area contributed by atoms with Crippen molar-refractivity contribution in [1.29, 1.82) is 0 Å². The Balaban J connectivity index is 1.39. The molecule has 2 fully saturated rings. The third-order valence-electron chi connectivity index (χ3n) is 7.96. The van der Waals surface area contributed by atoms with Crippen LogP contribution in [0.15, 0.2) is 24.7 Å². The summed E-state index contributed by atoms with van der Waals surface area (Å²) in [5.74, 6) is -4.38. The maximum absolute atomic E-state index is 14.0. The van der Waals surface area contributed by atoms with E-state index in [0.29, 0.717) is 16.9 Å².